The first-order valence-corrected chi connectivity index (χ1v) is 15.9. The summed E-state index contributed by atoms with van der Waals surface area (Å²) < 4.78 is 12.7. The van der Waals surface area contributed by atoms with Crippen molar-refractivity contribution < 1.29 is 33.4 Å². The number of hydrogen-bond acceptors (Lipinski definition) is 9. The maximum absolute atomic E-state index is 13.7. The zero-order chi connectivity index (χ0) is 33.0. The number of cyclic esters (lactones) is 1. The van der Waals surface area contributed by atoms with Crippen LogP contribution in [0.15, 0.2) is 41.2 Å². The first kappa shape index (κ1) is 32.7. The molecule has 4 heterocycles. The highest BCUT2D eigenvalue weighted by atomic mass is 16.6. The van der Waals surface area contributed by atoms with Crippen molar-refractivity contribution in [3.8, 4) is 11.4 Å². The van der Waals surface area contributed by atoms with Crippen molar-refractivity contribution in [2.24, 2.45) is 5.92 Å². The summed E-state index contributed by atoms with van der Waals surface area (Å²) in [5.41, 5.74) is 1.04. The second-order valence-electron chi connectivity index (χ2n) is 12.2. The quantitative estimate of drug-likeness (QED) is 0.159. The van der Waals surface area contributed by atoms with Crippen molar-refractivity contribution in [2.75, 3.05) is 6.54 Å². The highest BCUT2D eigenvalue weighted by molar-refractivity contribution is 5.90. The number of pyridine rings is 2. The molecule has 0 bridgehead atoms. The van der Waals surface area contributed by atoms with E-state index >= 15 is 0 Å². The standard InChI is InChI=1S/C35H39N3O8/c1-4-35(46-31(42)18-36-30(41)15-14-25(40)12-7-5-6-10-21(2)22(3)39)27-17-29-32-24(16-23-11-8-9-13-28(23)37-32)19-38(29)33(43)26(27)20-45-34(35)44/h8-9,11,13,16-17,21H,4-7,10,12,14-15,18-20H2,1-3H3,(H,36,41)/t21-,35?/m1/s1. The van der Waals surface area contributed by atoms with Crippen LogP contribution >= 0.6 is 0 Å². The van der Waals surface area contributed by atoms with Gasteiger partial charge in [0.15, 0.2) is 0 Å². The first-order valence-electron chi connectivity index (χ1n) is 15.9. The maximum atomic E-state index is 13.7. The lowest BCUT2D eigenvalue weighted by Gasteiger charge is -2.35. The topological polar surface area (TPSA) is 151 Å². The second-order valence-corrected chi connectivity index (χ2v) is 12.2. The van der Waals surface area contributed by atoms with Crippen molar-refractivity contribution >= 4 is 40.3 Å². The fourth-order valence-corrected chi connectivity index (χ4v) is 6.10. The molecule has 11 nitrogen and oxygen atoms in total. The number of ketones is 2. The molecule has 2 aromatic heterocycles. The lowest BCUT2D eigenvalue weighted by Crippen LogP contribution is -2.48. The molecule has 0 saturated carbocycles. The zero-order valence-electron chi connectivity index (χ0n) is 26.5. The SMILES string of the molecule is CCC1(OC(=O)CNC(=O)CCC(=O)CCCCC[C@@H](C)C(C)=O)C(=O)OCc2c1cc1n(c2=O)Cc2cc3ccccc3nc2-1. The van der Waals surface area contributed by atoms with Crippen LogP contribution in [0.5, 0.6) is 0 Å². The Morgan fingerprint density at radius 2 is 1.85 bits per heavy atom. The number of nitrogens with one attached hydrogen (secondary N) is 1. The Hall–Kier alpha value is -4.67. The number of fused-ring (bicyclic) bond motifs is 5. The van der Waals surface area contributed by atoms with Crippen molar-refractivity contribution in [1.29, 1.82) is 0 Å². The maximum Gasteiger partial charge on any atom is 0.355 e. The number of para-hydroxylation sites is 1. The summed E-state index contributed by atoms with van der Waals surface area (Å²) in [6, 6.07) is 11.3. The van der Waals surface area contributed by atoms with E-state index in [-0.39, 0.29) is 60.0 Å². The molecular formula is C35H39N3O8. The summed E-state index contributed by atoms with van der Waals surface area (Å²) in [5.74, 6) is -2.03. The van der Waals surface area contributed by atoms with Gasteiger partial charge in [-0.25, -0.2) is 9.78 Å². The number of esters is 2. The predicted octanol–water partition coefficient (Wildman–Crippen LogP) is 4.27. The summed E-state index contributed by atoms with van der Waals surface area (Å²) >= 11 is 0. The van der Waals surface area contributed by atoms with Gasteiger partial charge in [-0.2, -0.15) is 0 Å². The van der Waals surface area contributed by atoms with Crippen LogP contribution in [0.2, 0.25) is 0 Å². The van der Waals surface area contributed by atoms with Crippen molar-refractivity contribution in [3.05, 3.63) is 63.4 Å². The van der Waals surface area contributed by atoms with Gasteiger partial charge in [-0.1, -0.05) is 44.9 Å². The number of aromatic nitrogens is 2. The molecule has 0 saturated heterocycles. The van der Waals surface area contributed by atoms with Gasteiger partial charge < -0.3 is 19.4 Å². The Labute approximate surface area is 266 Å². The molecule has 2 aliphatic rings. The van der Waals surface area contributed by atoms with E-state index in [1.165, 1.54) is 0 Å². The number of amides is 1. The Morgan fingerprint density at radius 3 is 2.61 bits per heavy atom. The number of Topliss-reactive ketones (excluding diaryl/α,β-unsaturated/α-hetero) is 2. The van der Waals surface area contributed by atoms with E-state index in [1.807, 2.05) is 37.3 Å². The van der Waals surface area contributed by atoms with Crippen LogP contribution in [-0.2, 0) is 52.2 Å². The summed E-state index contributed by atoms with van der Waals surface area (Å²) in [6.07, 6.45) is 3.51. The Balaban J connectivity index is 1.22. The molecule has 1 aromatic carbocycles. The highest BCUT2D eigenvalue weighted by Gasteiger charge is 2.50. The highest BCUT2D eigenvalue weighted by Crippen LogP contribution is 2.40. The lowest BCUT2D eigenvalue weighted by atomic mass is 9.85. The number of carbonyl (C=O) groups excluding carboxylic acids is 5. The minimum Gasteiger partial charge on any atom is -0.457 e. The van der Waals surface area contributed by atoms with Gasteiger partial charge in [0.2, 0.25) is 11.5 Å². The van der Waals surface area contributed by atoms with E-state index in [2.05, 4.69) is 5.32 Å². The van der Waals surface area contributed by atoms with E-state index < -0.39 is 30.0 Å². The predicted molar refractivity (Wildman–Crippen MR) is 169 cm³/mol. The van der Waals surface area contributed by atoms with E-state index in [9.17, 15) is 28.8 Å². The van der Waals surface area contributed by atoms with Gasteiger partial charge in [0.25, 0.3) is 5.56 Å². The van der Waals surface area contributed by atoms with E-state index in [0.29, 0.717) is 30.8 Å². The third kappa shape index (κ3) is 6.63. The molecule has 2 atom stereocenters. The van der Waals surface area contributed by atoms with E-state index in [0.717, 1.165) is 35.7 Å². The molecule has 1 unspecified atom stereocenters. The third-order valence-electron chi connectivity index (χ3n) is 9.02. The summed E-state index contributed by atoms with van der Waals surface area (Å²) in [7, 11) is 0. The summed E-state index contributed by atoms with van der Waals surface area (Å²) in [6.45, 7) is 4.68. The van der Waals surface area contributed by atoms with Crippen LogP contribution < -0.4 is 10.9 Å². The van der Waals surface area contributed by atoms with Crippen LogP contribution in [-0.4, -0.2) is 45.5 Å². The van der Waals surface area contributed by atoms with Crippen molar-refractivity contribution in [1.82, 2.24) is 14.9 Å². The fourth-order valence-electron chi connectivity index (χ4n) is 6.10. The molecule has 3 aromatic rings. The second kappa shape index (κ2) is 13.8. The smallest absolute Gasteiger partial charge is 0.355 e. The van der Waals surface area contributed by atoms with Crippen LogP contribution in [0, 0.1) is 5.92 Å². The zero-order valence-corrected chi connectivity index (χ0v) is 26.5. The van der Waals surface area contributed by atoms with Gasteiger partial charge in [0.1, 0.15) is 24.7 Å². The molecule has 2 aliphatic heterocycles. The fraction of sp³-hybridized carbons (Fsp3) is 0.457. The number of carbonyl (C=O) groups is 5. The third-order valence-corrected chi connectivity index (χ3v) is 9.02. The first-order chi connectivity index (χ1) is 22.0. The normalized spacial score (nSPS) is 17.0. The molecule has 242 valence electrons. The van der Waals surface area contributed by atoms with Crippen molar-refractivity contribution in [3.63, 3.8) is 0 Å². The van der Waals surface area contributed by atoms with Gasteiger partial charge in [-0.3, -0.25) is 24.0 Å². The van der Waals surface area contributed by atoms with Crippen LogP contribution in [0.25, 0.3) is 22.3 Å². The van der Waals surface area contributed by atoms with Crippen LogP contribution in [0.1, 0.15) is 88.8 Å². The number of hydrogen-bond donors (Lipinski definition) is 1. The average Bonchev–Trinajstić information content (AvgIpc) is 3.40. The molecule has 11 heteroatoms. The molecule has 5 rings (SSSR count). The van der Waals surface area contributed by atoms with Gasteiger partial charge in [0, 0.05) is 41.7 Å². The molecule has 1 N–H and O–H groups in total. The van der Waals surface area contributed by atoms with Gasteiger partial charge in [-0.05, 0) is 44.4 Å². The van der Waals surface area contributed by atoms with Gasteiger partial charge in [0.05, 0.1) is 29.0 Å². The number of rotatable bonds is 14. The van der Waals surface area contributed by atoms with Crippen LogP contribution in [0.3, 0.4) is 0 Å². The minimum atomic E-state index is -1.87. The van der Waals surface area contributed by atoms with Gasteiger partial charge >= 0.3 is 11.9 Å². The number of ether oxygens (including phenoxy) is 2. The Morgan fingerprint density at radius 1 is 1.07 bits per heavy atom. The van der Waals surface area contributed by atoms with Gasteiger partial charge in [-0.15, -0.1) is 0 Å². The molecule has 0 aliphatic carbocycles. The van der Waals surface area contributed by atoms with E-state index in [4.69, 9.17) is 14.5 Å². The largest absolute Gasteiger partial charge is 0.457 e. The number of benzene rings is 1. The molecule has 1 amide bonds. The monoisotopic (exact) mass is 629 g/mol. The molecule has 46 heavy (non-hydrogen) atoms. The molecule has 0 radical (unpaired) electrons. The Bertz CT molecular complexity index is 1780. The van der Waals surface area contributed by atoms with Crippen LogP contribution in [0.4, 0.5) is 0 Å². The number of nitrogens with zero attached hydrogens (tertiary/aromatic N) is 2. The molecule has 0 spiro atoms. The molecular weight excluding hydrogens is 590 g/mol. The average molecular weight is 630 g/mol. The molecule has 0 fully saturated rings. The summed E-state index contributed by atoms with van der Waals surface area (Å²) in [5, 5.41) is 3.41. The summed E-state index contributed by atoms with van der Waals surface area (Å²) in [4.78, 5) is 80.6. The van der Waals surface area contributed by atoms with E-state index in [1.54, 1.807) is 24.5 Å². The lowest BCUT2D eigenvalue weighted by molar-refractivity contribution is -0.189. The van der Waals surface area contributed by atoms with Crippen molar-refractivity contribution in [2.45, 2.75) is 90.9 Å². The Kier molecular flexibility index (Phi) is 9.79. The number of unbranched alkanes of at least 4 members (excludes halogenated alkanes) is 2. The minimum absolute atomic E-state index is 0.00157.